The second-order valence-electron chi connectivity index (χ2n) is 9.17. The molecule has 0 aromatic carbocycles. The van der Waals surface area contributed by atoms with E-state index in [4.69, 9.17) is 0 Å². The summed E-state index contributed by atoms with van der Waals surface area (Å²) in [6.07, 6.45) is 21.5. The average Bonchev–Trinajstić information content (AvgIpc) is 2.71. The molecule has 0 radical (unpaired) electrons. The summed E-state index contributed by atoms with van der Waals surface area (Å²) in [5.74, 6) is -1.69. The molecule has 0 aliphatic rings. The summed E-state index contributed by atoms with van der Waals surface area (Å²) in [5, 5.41) is 18.9. The molecule has 0 bridgehead atoms. The van der Waals surface area contributed by atoms with Gasteiger partial charge in [-0.1, -0.05) is 117 Å². The van der Waals surface area contributed by atoms with Gasteiger partial charge >= 0.3 is 41.5 Å². The predicted octanol–water partition coefficient (Wildman–Crippen LogP) is 7.58. The molecule has 0 rings (SSSR count). The van der Waals surface area contributed by atoms with Crippen molar-refractivity contribution in [1.29, 1.82) is 0 Å². The van der Waals surface area contributed by atoms with E-state index >= 15 is 0 Å². The topological polar surface area (TPSA) is 74.6 Å². The van der Waals surface area contributed by atoms with Crippen LogP contribution >= 0.6 is 0 Å². The third-order valence-electron chi connectivity index (χ3n) is 6.37. The number of hydrogen-bond acceptors (Lipinski definition) is 2. The SMILES string of the molecule is CCCCCCCCC(CCCCCCC(CCCCCCCC)C(=O)O)C(=O)O.[NaH]. The Labute approximate surface area is 214 Å². The monoisotopic (exact) mass is 450 g/mol. The molecule has 180 valence electrons. The summed E-state index contributed by atoms with van der Waals surface area (Å²) in [6, 6.07) is 0. The van der Waals surface area contributed by atoms with E-state index in [0.29, 0.717) is 0 Å². The molecular formula is C26H51NaO4. The summed E-state index contributed by atoms with van der Waals surface area (Å²) in [7, 11) is 0. The van der Waals surface area contributed by atoms with Gasteiger partial charge in [0.15, 0.2) is 0 Å². The van der Waals surface area contributed by atoms with Crippen LogP contribution in [0.4, 0.5) is 0 Å². The van der Waals surface area contributed by atoms with Gasteiger partial charge in [-0.15, -0.1) is 0 Å². The third kappa shape index (κ3) is 21.5. The first-order valence-electron chi connectivity index (χ1n) is 13.0. The molecule has 0 spiro atoms. The van der Waals surface area contributed by atoms with Crippen molar-refractivity contribution in [3.63, 3.8) is 0 Å². The minimum absolute atomic E-state index is 0. The molecule has 0 aromatic heterocycles. The van der Waals surface area contributed by atoms with Gasteiger partial charge in [-0.05, 0) is 25.7 Å². The quantitative estimate of drug-likeness (QED) is 0.124. The van der Waals surface area contributed by atoms with E-state index < -0.39 is 11.9 Å². The molecule has 0 aromatic rings. The summed E-state index contributed by atoms with van der Waals surface area (Å²) in [4.78, 5) is 22.9. The van der Waals surface area contributed by atoms with Gasteiger partial charge in [0.25, 0.3) is 0 Å². The Balaban J connectivity index is 0. The number of unbranched alkanes of at least 4 members (excludes halogenated alkanes) is 13. The van der Waals surface area contributed by atoms with Gasteiger partial charge in [0.05, 0.1) is 11.8 Å². The van der Waals surface area contributed by atoms with Gasteiger partial charge in [0.2, 0.25) is 0 Å². The van der Waals surface area contributed by atoms with Crippen LogP contribution in [0.1, 0.15) is 142 Å². The van der Waals surface area contributed by atoms with Crippen LogP contribution < -0.4 is 0 Å². The first-order valence-corrected chi connectivity index (χ1v) is 13.0. The summed E-state index contributed by atoms with van der Waals surface area (Å²) in [5.41, 5.74) is 0. The zero-order valence-electron chi connectivity index (χ0n) is 20.0. The van der Waals surface area contributed by atoms with Crippen molar-refractivity contribution in [3.05, 3.63) is 0 Å². The van der Waals surface area contributed by atoms with Gasteiger partial charge in [-0.3, -0.25) is 9.59 Å². The first kappa shape index (κ1) is 33.1. The molecule has 0 fully saturated rings. The van der Waals surface area contributed by atoms with Gasteiger partial charge in [-0.2, -0.15) is 0 Å². The Morgan fingerprint density at radius 2 is 0.710 bits per heavy atom. The molecule has 0 amide bonds. The van der Waals surface area contributed by atoms with Crippen molar-refractivity contribution in [1.82, 2.24) is 0 Å². The number of carboxylic acids is 2. The molecular weight excluding hydrogens is 399 g/mol. The summed E-state index contributed by atoms with van der Waals surface area (Å²) < 4.78 is 0. The van der Waals surface area contributed by atoms with E-state index in [-0.39, 0.29) is 41.4 Å². The van der Waals surface area contributed by atoms with Gasteiger partial charge in [0, 0.05) is 0 Å². The number of carboxylic acid groups (broad SMARTS) is 2. The number of carbonyl (C=O) groups is 2. The zero-order chi connectivity index (χ0) is 22.5. The average molecular weight is 451 g/mol. The third-order valence-corrected chi connectivity index (χ3v) is 6.37. The molecule has 0 aliphatic carbocycles. The predicted molar refractivity (Wildman–Crippen MR) is 133 cm³/mol. The molecule has 4 nitrogen and oxygen atoms in total. The Bertz CT molecular complexity index is 376. The van der Waals surface area contributed by atoms with Crippen LogP contribution in [0.15, 0.2) is 0 Å². The van der Waals surface area contributed by atoms with Crippen LogP contribution in [0.5, 0.6) is 0 Å². The van der Waals surface area contributed by atoms with Crippen molar-refractivity contribution in [3.8, 4) is 0 Å². The van der Waals surface area contributed by atoms with Gasteiger partial charge in [0.1, 0.15) is 0 Å². The molecule has 2 unspecified atom stereocenters. The fraction of sp³-hybridized carbons (Fsp3) is 0.923. The van der Waals surface area contributed by atoms with Gasteiger partial charge in [-0.25, -0.2) is 0 Å². The minimum atomic E-state index is -0.645. The van der Waals surface area contributed by atoms with Crippen molar-refractivity contribution in [2.75, 3.05) is 0 Å². The van der Waals surface area contributed by atoms with Crippen LogP contribution in [0.2, 0.25) is 0 Å². The van der Waals surface area contributed by atoms with Crippen molar-refractivity contribution < 1.29 is 19.8 Å². The molecule has 31 heavy (non-hydrogen) atoms. The molecule has 2 N–H and O–H groups in total. The van der Waals surface area contributed by atoms with Crippen LogP contribution in [0.25, 0.3) is 0 Å². The normalized spacial score (nSPS) is 12.8. The molecule has 0 aliphatic heterocycles. The fourth-order valence-corrected chi connectivity index (χ4v) is 4.26. The van der Waals surface area contributed by atoms with Crippen LogP contribution in [0, 0.1) is 11.8 Å². The van der Waals surface area contributed by atoms with E-state index in [0.717, 1.165) is 77.0 Å². The van der Waals surface area contributed by atoms with Crippen LogP contribution in [0.3, 0.4) is 0 Å². The molecule has 0 heterocycles. The standard InChI is InChI=1S/C26H50O4.Na.H/c1-3-5-7-9-11-15-19-23(25(27)28)21-17-13-14-18-22-24(26(29)30)20-16-12-10-8-6-4-2;;/h23-24H,3-22H2,1-2H3,(H,27,28)(H,29,30);;. The maximum atomic E-state index is 11.5. The van der Waals surface area contributed by atoms with Gasteiger partial charge < -0.3 is 10.2 Å². The van der Waals surface area contributed by atoms with Crippen molar-refractivity contribution in [2.45, 2.75) is 142 Å². The second-order valence-corrected chi connectivity index (χ2v) is 9.17. The van der Waals surface area contributed by atoms with E-state index in [2.05, 4.69) is 13.8 Å². The summed E-state index contributed by atoms with van der Waals surface area (Å²) in [6.45, 7) is 4.41. The van der Waals surface area contributed by atoms with E-state index in [9.17, 15) is 19.8 Å². The van der Waals surface area contributed by atoms with Crippen molar-refractivity contribution in [2.24, 2.45) is 11.8 Å². The molecule has 0 saturated heterocycles. The summed E-state index contributed by atoms with van der Waals surface area (Å²) >= 11 is 0. The van der Waals surface area contributed by atoms with E-state index in [1.54, 1.807) is 0 Å². The molecule has 2 atom stereocenters. The van der Waals surface area contributed by atoms with E-state index in [1.807, 2.05) is 0 Å². The van der Waals surface area contributed by atoms with Crippen LogP contribution in [-0.2, 0) is 9.59 Å². The molecule has 0 saturated carbocycles. The Morgan fingerprint density at radius 1 is 0.484 bits per heavy atom. The Morgan fingerprint density at radius 3 is 0.935 bits per heavy atom. The number of rotatable bonds is 23. The number of aliphatic carboxylic acids is 2. The number of hydrogen-bond donors (Lipinski definition) is 2. The first-order chi connectivity index (χ1) is 14.5. The fourth-order valence-electron chi connectivity index (χ4n) is 4.26. The molecule has 5 heteroatoms. The Hall–Kier alpha value is -0.0600. The maximum absolute atomic E-state index is 11.5. The Kier molecular flexibility index (Phi) is 26.3. The second kappa shape index (κ2) is 24.6. The van der Waals surface area contributed by atoms with Crippen LogP contribution in [-0.4, -0.2) is 51.7 Å². The zero-order valence-corrected chi connectivity index (χ0v) is 20.0. The van der Waals surface area contributed by atoms with E-state index in [1.165, 1.54) is 51.4 Å². The van der Waals surface area contributed by atoms with Crippen molar-refractivity contribution >= 4 is 41.5 Å².